The van der Waals surface area contributed by atoms with Crippen LogP contribution in [0.3, 0.4) is 0 Å². The van der Waals surface area contributed by atoms with Crippen molar-refractivity contribution in [3.8, 4) is 0 Å². The first kappa shape index (κ1) is 16.3. The summed E-state index contributed by atoms with van der Waals surface area (Å²) in [4.78, 5) is 0. The first-order chi connectivity index (χ1) is 12.4. The Morgan fingerprint density at radius 1 is 0.769 bits per heavy atom. The largest absolute Gasteiger partial charge is 0.494 e. The van der Waals surface area contributed by atoms with Crippen molar-refractivity contribution in [2.24, 2.45) is 0 Å². The van der Waals surface area contributed by atoms with Crippen molar-refractivity contribution >= 4 is 54.9 Å². The smallest absolute Gasteiger partial charge is 0.399 e. The molecule has 4 aromatic rings. The second kappa shape index (κ2) is 5.32. The summed E-state index contributed by atoms with van der Waals surface area (Å²) in [7, 11) is -0.314. The molecule has 1 saturated heterocycles. The first-order valence-electron chi connectivity index (χ1n) is 9.05. The number of hydrogen-bond donors (Lipinski definition) is 0. The van der Waals surface area contributed by atoms with Gasteiger partial charge in [-0.3, -0.25) is 0 Å². The van der Waals surface area contributed by atoms with Gasteiger partial charge in [0.2, 0.25) is 0 Å². The number of benzene rings is 3. The van der Waals surface area contributed by atoms with E-state index < -0.39 is 0 Å². The Morgan fingerprint density at radius 3 is 2.23 bits per heavy atom. The van der Waals surface area contributed by atoms with E-state index in [-0.39, 0.29) is 18.3 Å². The van der Waals surface area contributed by atoms with Crippen LogP contribution >= 0.6 is 11.3 Å². The van der Waals surface area contributed by atoms with Crippen molar-refractivity contribution in [2.75, 3.05) is 0 Å². The van der Waals surface area contributed by atoms with Gasteiger partial charge in [0.1, 0.15) is 0 Å². The quantitative estimate of drug-likeness (QED) is 0.417. The Labute approximate surface area is 157 Å². The van der Waals surface area contributed by atoms with E-state index in [4.69, 9.17) is 9.31 Å². The van der Waals surface area contributed by atoms with Crippen LogP contribution in [0.4, 0.5) is 0 Å². The fraction of sp³-hybridized carbons (Fsp3) is 0.273. The second-order valence-corrected chi connectivity index (χ2v) is 9.16. The topological polar surface area (TPSA) is 18.5 Å². The van der Waals surface area contributed by atoms with Crippen molar-refractivity contribution < 1.29 is 9.31 Å². The van der Waals surface area contributed by atoms with E-state index in [1.165, 1.54) is 30.9 Å². The molecule has 26 heavy (non-hydrogen) atoms. The molecular weight excluding hydrogens is 339 g/mol. The van der Waals surface area contributed by atoms with Gasteiger partial charge in [0.25, 0.3) is 0 Å². The summed E-state index contributed by atoms with van der Waals surface area (Å²) in [5.74, 6) is 0. The minimum absolute atomic E-state index is 0.314. The van der Waals surface area contributed by atoms with Gasteiger partial charge in [-0.25, -0.2) is 0 Å². The lowest BCUT2D eigenvalue weighted by Crippen LogP contribution is -2.41. The highest BCUT2D eigenvalue weighted by Gasteiger charge is 2.51. The van der Waals surface area contributed by atoms with Gasteiger partial charge in [-0.15, -0.1) is 11.3 Å². The lowest BCUT2D eigenvalue weighted by atomic mass is 9.79. The Hall–Kier alpha value is -1.88. The van der Waals surface area contributed by atoms with Crippen LogP contribution in [0.15, 0.2) is 54.6 Å². The second-order valence-electron chi connectivity index (χ2n) is 8.11. The molecule has 0 atom stereocenters. The SMILES string of the molecule is CC1(C)OB(c2ccc3c(c2)sc2c4ccccc4ccc32)OC1(C)C. The van der Waals surface area contributed by atoms with Crippen molar-refractivity contribution in [1.82, 2.24) is 0 Å². The Balaban J connectivity index is 1.67. The van der Waals surface area contributed by atoms with Gasteiger partial charge < -0.3 is 9.31 Å². The summed E-state index contributed by atoms with van der Waals surface area (Å²) in [6, 6.07) is 19.6. The molecule has 2 heterocycles. The highest BCUT2D eigenvalue weighted by Crippen LogP contribution is 2.39. The summed E-state index contributed by atoms with van der Waals surface area (Å²) in [6.45, 7) is 8.38. The molecule has 1 fully saturated rings. The van der Waals surface area contributed by atoms with Crippen molar-refractivity contribution in [3.05, 3.63) is 54.6 Å². The molecule has 0 aliphatic carbocycles. The standard InChI is InChI=1S/C22H21BO2S/c1-21(2)22(3,4)25-23(24-21)15-10-12-17-18-11-9-14-7-5-6-8-16(14)20(18)26-19(17)13-15/h5-13H,1-4H3. The molecule has 130 valence electrons. The monoisotopic (exact) mass is 360 g/mol. The van der Waals surface area contributed by atoms with Gasteiger partial charge in [-0.2, -0.15) is 0 Å². The molecule has 1 aromatic heterocycles. The van der Waals surface area contributed by atoms with Crippen molar-refractivity contribution in [3.63, 3.8) is 0 Å². The third-order valence-corrected chi connectivity index (χ3v) is 7.11. The predicted octanol–water partition coefficient (Wildman–Crippen LogP) is 5.51. The first-order valence-corrected chi connectivity index (χ1v) is 9.87. The van der Waals surface area contributed by atoms with Crippen molar-refractivity contribution in [2.45, 2.75) is 38.9 Å². The maximum Gasteiger partial charge on any atom is 0.494 e. The fourth-order valence-electron chi connectivity index (χ4n) is 3.65. The minimum Gasteiger partial charge on any atom is -0.399 e. The average molecular weight is 360 g/mol. The molecule has 3 aromatic carbocycles. The average Bonchev–Trinajstić information content (AvgIpc) is 3.08. The predicted molar refractivity (Wildman–Crippen MR) is 113 cm³/mol. The summed E-state index contributed by atoms with van der Waals surface area (Å²) in [5, 5.41) is 5.24. The molecule has 1 aliphatic rings. The zero-order valence-electron chi connectivity index (χ0n) is 15.5. The molecule has 4 heteroatoms. The third kappa shape index (κ3) is 2.26. The Bertz CT molecular complexity index is 1140. The number of hydrogen-bond acceptors (Lipinski definition) is 3. The van der Waals surface area contributed by atoms with Gasteiger partial charge in [0, 0.05) is 20.2 Å². The van der Waals surface area contributed by atoms with Crippen LogP contribution in [-0.4, -0.2) is 18.3 Å². The molecule has 0 amide bonds. The van der Waals surface area contributed by atoms with Gasteiger partial charge in [-0.1, -0.05) is 48.5 Å². The number of rotatable bonds is 1. The zero-order chi connectivity index (χ0) is 18.1. The third-order valence-electron chi connectivity index (χ3n) is 5.91. The van der Waals surface area contributed by atoms with E-state index in [1.807, 2.05) is 11.3 Å². The summed E-state index contributed by atoms with van der Waals surface area (Å²) >= 11 is 1.85. The molecule has 1 aliphatic heterocycles. The molecule has 0 bridgehead atoms. The highest BCUT2D eigenvalue weighted by molar-refractivity contribution is 7.26. The van der Waals surface area contributed by atoms with Crippen LogP contribution < -0.4 is 5.46 Å². The van der Waals surface area contributed by atoms with E-state index in [9.17, 15) is 0 Å². The number of fused-ring (bicyclic) bond motifs is 5. The van der Waals surface area contributed by atoms with Gasteiger partial charge in [0.05, 0.1) is 11.2 Å². The van der Waals surface area contributed by atoms with Crippen LogP contribution in [-0.2, 0) is 9.31 Å². The van der Waals surface area contributed by atoms with Gasteiger partial charge in [0.15, 0.2) is 0 Å². The summed E-state index contributed by atoms with van der Waals surface area (Å²) in [6.07, 6.45) is 0. The van der Waals surface area contributed by atoms with Gasteiger partial charge >= 0.3 is 7.12 Å². The normalized spacial score (nSPS) is 19.0. The van der Waals surface area contributed by atoms with Crippen LogP contribution in [0.5, 0.6) is 0 Å². The lowest BCUT2D eigenvalue weighted by molar-refractivity contribution is 0.00578. The van der Waals surface area contributed by atoms with Crippen LogP contribution in [0, 0.1) is 0 Å². The number of thiophene rings is 1. The molecule has 0 spiro atoms. The fourth-order valence-corrected chi connectivity index (χ4v) is 4.93. The van der Waals surface area contributed by atoms with Gasteiger partial charge in [-0.05, 0) is 50.0 Å². The molecule has 0 unspecified atom stereocenters. The van der Waals surface area contributed by atoms with Crippen LogP contribution in [0.25, 0.3) is 30.9 Å². The lowest BCUT2D eigenvalue weighted by Gasteiger charge is -2.32. The maximum absolute atomic E-state index is 6.23. The zero-order valence-corrected chi connectivity index (χ0v) is 16.3. The molecular formula is C22H21BO2S. The van der Waals surface area contributed by atoms with E-state index >= 15 is 0 Å². The highest BCUT2D eigenvalue weighted by atomic mass is 32.1. The molecule has 5 rings (SSSR count). The van der Waals surface area contributed by atoms with Crippen LogP contribution in [0.1, 0.15) is 27.7 Å². The molecule has 2 nitrogen and oxygen atoms in total. The van der Waals surface area contributed by atoms with Crippen LogP contribution in [0.2, 0.25) is 0 Å². The summed E-state index contributed by atoms with van der Waals surface area (Å²) < 4.78 is 15.1. The van der Waals surface area contributed by atoms with E-state index in [2.05, 4.69) is 82.3 Å². The van der Waals surface area contributed by atoms with E-state index in [0.29, 0.717) is 0 Å². The minimum atomic E-state index is -0.316. The Morgan fingerprint density at radius 2 is 1.46 bits per heavy atom. The summed E-state index contributed by atoms with van der Waals surface area (Å²) in [5.41, 5.74) is 0.457. The molecule has 0 N–H and O–H groups in total. The van der Waals surface area contributed by atoms with Crippen molar-refractivity contribution in [1.29, 1.82) is 0 Å². The molecule has 0 saturated carbocycles. The Kier molecular flexibility index (Phi) is 3.34. The van der Waals surface area contributed by atoms with E-state index in [1.54, 1.807) is 0 Å². The van der Waals surface area contributed by atoms with E-state index in [0.717, 1.165) is 5.46 Å². The maximum atomic E-state index is 6.23. The molecule has 0 radical (unpaired) electrons.